The van der Waals surface area contributed by atoms with Gasteiger partial charge in [-0.1, -0.05) is 19.9 Å². The first-order valence-electron chi connectivity index (χ1n) is 7.50. The van der Waals surface area contributed by atoms with Gasteiger partial charge >= 0.3 is 0 Å². The Balaban J connectivity index is 2.30. The first kappa shape index (κ1) is 18.1. The number of nitrogens with one attached hydrogen (secondary N) is 3. The minimum absolute atomic E-state index is 0.0725. The zero-order valence-corrected chi connectivity index (χ0v) is 13.4. The van der Waals surface area contributed by atoms with E-state index in [-0.39, 0.29) is 24.9 Å². The fourth-order valence-corrected chi connectivity index (χ4v) is 1.94. The van der Waals surface area contributed by atoms with E-state index in [1.54, 1.807) is 13.1 Å². The Kier molecular flexibility index (Phi) is 7.52. The number of amides is 2. The largest absolute Gasteiger partial charge is 0.351 e. The van der Waals surface area contributed by atoms with Gasteiger partial charge in [-0.05, 0) is 30.5 Å². The van der Waals surface area contributed by atoms with E-state index in [0.717, 1.165) is 11.3 Å². The van der Waals surface area contributed by atoms with E-state index in [1.165, 1.54) is 18.2 Å². The number of benzene rings is 1. The molecule has 22 heavy (non-hydrogen) atoms. The molecule has 1 aromatic rings. The highest BCUT2D eigenvalue weighted by molar-refractivity contribution is 5.91. The molecule has 1 atom stereocenters. The van der Waals surface area contributed by atoms with Gasteiger partial charge in [-0.15, -0.1) is 0 Å². The van der Waals surface area contributed by atoms with Crippen molar-refractivity contribution in [3.8, 4) is 0 Å². The molecule has 0 radical (unpaired) electrons. The van der Waals surface area contributed by atoms with Gasteiger partial charge in [0.25, 0.3) is 11.8 Å². The van der Waals surface area contributed by atoms with Crippen molar-refractivity contribution < 1.29 is 18.9 Å². The minimum atomic E-state index is -0.400. The van der Waals surface area contributed by atoms with Crippen LogP contribution in [0.4, 0.5) is 10.1 Å². The van der Waals surface area contributed by atoms with Crippen LogP contribution in [-0.4, -0.2) is 38.5 Å². The number of quaternary nitrogens is 1. The average Bonchev–Trinajstić information content (AvgIpc) is 2.37. The van der Waals surface area contributed by atoms with Gasteiger partial charge in [0.15, 0.2) is 13.1 Å². The van der Waals surface area contributed by atoms with Gasteiger partial charge in [0.2, 0.25) is 0 Å². The first-order chi connectivity index (χ1) is 10.4. The third kappa shape index (κ3) is 7.73. The lowest BCUT2D eigenvalue weighted by Crippen LogP contribution is -3.11. The van der Waals surface area contributed by atoms with Crippen LogP contribution in [-0.2, 0) is 9.59 Å². The van der Waals surface area contributed by atoms with Gasteiger partial charge < -0.3 is 15.5 Å². The summed E-state index contributed by atoms with van der Waals surface area (Å²) >= 11 is 0. The van der Waals surface area contributed by atoms with Crippen molar-refractivity contribution in [1.29, 1.82) is 0 Å². The van der Waals surface area contributed by atoms with E-state index in [0.29, 0.717) is 18.2 Å². The molecule has 0 aliphatic heterocycles. The molecule has 0 aromatic heterocycles. The summed E-state index contributed by atoms with van der Waals surface area (Å²) < 4.78 is 13.0. The summed E-state index contributed by atoms with van der Waals surface area (Å²) in [5, 5.41) is 5.45. The van der Waals surface area contributed by atoms with Crippen LogP contribution in [0.25, 0.3) is 0 Å². The Morgan fingerprint density at radius 3 is 2.55 bits per heavy atom. The van der Waals surface area contributed by atoms with Gasteiger partial charge in [-0.2, -0.15) is 0 Å². The summed E-state index contributed by atoms with van der Waals surface area (Å²) in [6.45, 7) is 5.22. The summed E-state index contributed by atoms with van der Waals surface area (Å²) in [5.74, 6) is -0.180. The number of carbonyl (C=O) groups is 2. The molecule has 122 valence electrons. The summed E-state index contributed by atoms with van der Waals surface area (Å²) in [4.78, 5) is 24.3. The topological polar surface area (TPSA) is 62.6 Å². The van der Waals surface area contributed by atoms with Gasteiger partial charge in [0.05, 0.1) is 7.05 Å². The maximum absolute atomic E-state index is 13.0. The number of likely N-dealkylation sites (N-methyl/N-ethyl adjacent to an activating group) is 1. The molecule has 1 aromatic carbocycles. The molecule has 0 saturated heterocycles. The molecular weight excluding hydrogens is 285 g/mol. The Bertz CT molecular complexity index is 506. The first-order valence-corrected chi connectivity index (χ1v) is 7.50. The molecule has 2 amide bonds. The SMILES string of the molecule is CC(C)CCNC(=O)C[NH+](C)CC(=O)Nc1cccc(F)c1. The molecule has 0 aliphatic rings. The van der Waals surface area contributed by atoms with E-state index >= 15 is 0 Å². The lowest BCUT2D eigenvalue weighted by atomic mass is 10.1. The van der Waals surface area contributed by atoms with Gasteiger partial charge in [-0.3, -0.25) is 9.59 Å². The molecule has 0 aliphatic carbocycles. The standard InChI is InChI=1S/C16H24FN3O2/c1-12(2)7-8-18-15(21)10-20(3)11-16(22)19-14-6-4-5-13(17)9-14/h4-6,9,12H,7-8,10-11H2,1-3H3,(H,18,21)(H,19,22)/p+1. The second-order valence-electron chi connectivity index (χ2n) is 5.90. The predicted octanol–water partition coefficient (Wildman–Crippen LogP) is 0.441. The van der Waals surface area contributed by atoms with E-state index in [4.69, 9.17) is 0 Å². The highest BCUT2D eigenvalue weighted by atomic mass is 19.1. The second-order valence-corrected chi connectivity index (χ2v) is 5.90. The molecule has 0 spiro atoms. The van der Waals surface area contributed by atoms with Crippen molar-refractivity contribution in [1.82, 2.24) is 5.32 Å². The number of hydrogen-bond donors (Lipinski definition) is 3. The van der Waals surface area contributed by atoms with Crippen LogP contribution in [0.2, 0.25) is 0 Å². The molecule has 1 unspecified atom stereocenters. The molecule has 0 bridgehead atoms. The number of anilines is 1. The van der Waals surface area contributed by atoms with Crippen molar-refractivity contribution >= 4 is 17.5 Å². The van der Waals surface area contributed by atoms with E-state index in [2.05, 4.69) is 24.5 Å². The summed E-state index contributed by atoms with van der Waals surface area (Å²) in [7, 11) is 1.77. The zero-order chi connectivity index (χ0) is 16.5. The molecular formula is C16H25FN3O2+. The summed E-state index contributed by atoms with van der Waals surface area (Å²) in [6.07, 6.45) is 0.935. The Morgan fingerprint density at radius 1 is 1.23 bits per heavy atom. The van der Waals surface area contributed by atoms with Gasteiger partial charge in [0.1, 0.15) is 5.82 Å². The molecule has 0 saturated carbocycles. The highest BCUT2D eigenvalue weighted by Crippen LogP contribution is 2.08. The van der Waals surface area contributed by atoms with Crippen LogP contribution in [0, 0.1) is 11.7 Å². The Hall–Kier alpha value is -1.95. The molecule has 6 heteroatoms. The van der Waals surface area contributed by atoms with Crippen molar-refractivity contribution in [3.05, 3.63) is 30.1 Å². The van der Waals surface area contributed by atoms with Crippen molar-refractivity contribution in [2.75, 3.05) is 32.0 Å². The minimum Gasteiger partial charge on any atom is -0.351 e. The zero-order valence-electron chi connectivity index (χ0n) is 13.4. The molecule has 0 fully saturated rings. The van der Waals surface area contributed by atoms with Crippen LogP contribution < -0.4 is 15.5 Å². The number of hydrogen-bond acceptors (Lipinski definition) is 2. The Morgan fingerprint density at radius 2 is 1.91 bits per heavy atom. The fraction of sp³-hybridized carbons (Fsp3) is 0.500. The van der Waals surface area contributed by atoms with E-state index < -0.39 is 5.82 Å². The van der Waals surface area contributed by atoms with E-state index in [9.17, 15) is 14.0 Å². The fourth-order valence-electron chi connectivity index (χ4n) is 1.94. The van der Waals surface area contributed by atoms with Crippen LogP contribution in [0.15, 0.2) is 24.3 Å². The lowest BCUT2D eigenvalue weighted by molar-refractivity contribution is -0.862. The molecule has 0 heterocycles. The Labute approximate surface area is 130 Å². The van der Waals surface area contributed by atoms with Crippen LogP contribution in [0.5, 0.6) is 0 Å². The highest BCUT2D eigenvalue weighted by Gasteiger charge is 2.14. The smallest absolute Gasteiger partial charge is 0.279 e. The van der Waals surface area contributed by atoms with Crippen LogP contribution in [0.3, 0.4) is 0 Å². The van der Waals surface area contributed by atoms with Gasteiger partial charge in [0, 0.05) is 12.2 Å². The number of halogens is 1. The summed E-state index contributed by atoms with van der Waals surface area (Å²) in [5.41, 5.74) is 0.416. The second kappa shape index (κ2) is 9.15. The monoisotopic (exact) mass is 310 g/mol. The maximum atomic E-state index is 13.0. The predicted molar refractivity (Wildman–Crippen MR) is 84.1 cm³/mol. The third-order valence-electron chi connectivity index (χ3n) is 3.08. The van der Waals surface area contributed by atoms with E-state index in [1.807, 2.05) is 0 Å². The molecule has 5 nitrogen and oxygen atoms in total. The van der Waals surface area contributed by atoms with Gasteiger partial charge in [-0.25, -0.2) is 4.39 Å². The van der Waals surface area contributed by atoms with Crippen molar-refractivity contribution in [3.63, 3.8) is 0 Å². The van der Waals surface area contributed by atoms with Crippen molar-refractivity contribution in [2.24, 2.45) is 5.92 Å². The molecule has 1 rings (SSSR count). The van der Waals surface area contributed by atoms with Crippen LogP contribution in [0.1, 0.15) is 20.3 Å². The number of rotatable bonds is 8. The van der Waals surface area contributed by atoms with Crippen molar-refractivity contribution in [2.45, 2.75) is 20.3 Å². The lowest BCUT2D eigenvalue weighted by Gasteiger charge is -2.14. The normalized spacial score (nSPS) is 12.0. The summed E-state index contributed by atoms with van der Waals surface area (Å²) in [6, 6.07) is 5.72. The number of carbonyl (C=O) groups excluding carboxylic acids is 2. The average molecular weight is 310 g/mol. The molecule has 3 N–H and O–H groups in total. The third-order valence-corrected chi connectivity index (χ3v) is 3.08. The quantitative estimate of drug-likeness (QED) is 0.652. The maximum Gasteiger partial charge on any atom is 0.279 e. The van der Waals surface area contributed by atoms with Crippen LogP contribution >= 0.6 is 0 Å².